The fourth-order valence-corrected chi connectivity index (χ4v) is 1.84. The van der Waals surface area contributed by atoms with Crippen molar-refractivity contribution in [3.8, 4) is 6.07 Å². The predicted octanol–water partition coefficient (Wildman–Crippen LogP) is 1.62. The molecular formula is C16H20N4O3. The number of benzene rings is 1. The number of nitrogens with one attached hydrogen (secondary N) is 2. The number of carbonyl (C=O) groups is 2. The van der Waals surface area contributed by atoms with E-state index in [-0.39, 0.29) is 11.5 Å². The Morgan fingerprint density at radius 1 is 1.39 bits per heavy atom. The number of carboxylic acid groups (broad SMARTS) is 1. The number of amides is 1. The van der Waals surface area contributed by atoms with Gasteiger partial charge in [-0.1, -0.05) is 19.9 Å². The molecule has 0 fully saturated rings. The molecule has 7 heteroatoms. The Balaban J connectivity index is 2.88. The van der Waals surface area contributed by atoms with Crippen LogP contribution in [-0.4, -0.2) is 23.0 Å². The topological polar surface area (TPSA) is 128 Å². The van der Waals surface area contributed by atoms with Gasteiger partial charge in [-0.2, -0.15) is 5.26 Å². The third-order valence-corrected chi connectivity index (χ3v) is 3.16. The van der Waals surface area contributed by atoms with Crippen LogP contribution in [0.1, 0.15) is 19.4 Å². The molecule has 1 unspecified atom stereocenters. The summed E-state index contributed by atoms with van der Waals surface area (Å²) in [7, 11) is 0. The van der Waals surface area contributed by atoms with Crippen molar-refractivity contribution in [3.05, 3.63) is 35.5 Å². The smallest absolute Gasteiger partial charge is 0.326 e. The van der Waals surface area contributed by atoms with E-state index in [2.05, 4.69) is 10.6 Å². The lowest BCUT2D eigenvalue weighted by Gasteiger charge is -2.17. The second kappa shape index (κ2) is 7.84. The molecule has 1 atom stereocenters. The van der Waals surface area contributed by atoms with Crippen LogP contribution in [0.3, 0.4) is 0 Å². The number of carbonyl (C=O) groups excluding carboxylic acids is 1. The molecule has 0 saturated heterocycles. The molecule has 0 saturated carbocycles. The maximum atomic E-state index is 12.0. The zero-order valence-corrected chi connectivity index (χ0v) is 13.3. The number of aliphatic carboxylic acids is 1. The minimum atomic E-state index is -1.15. The second-order valence-electron chi connectivity index (χ2n) is 5.44. The summed E-state index contributed by atoms with van der Waals surface area (Å²) in [6.07, 6.45) is 1.20. The molecule has 1 amide bonds. The Morgan fingerprint density at radius 3 is 2.52 bits per heavy atom. The van der Waals surface area contributed by atoms with Crippen LogP contribution in [0, 0.1) is 24.2 Å². The van der Waals surface area contributed by atoms with E-state index >= 15 is 0 Å². The Morgan fingerprint density at radius 2 is 2.04 bits per heavy atom. The van der Waals surface area contributed by atoms with E-state index in [9.17, 15) is 9.59 Å². The van der Waals surface area contributed by atoms with Gasteiger partial charge in [-0.05, 0) is 30.5 Å². The highest BCUT2D eigenvalue weighted by Crippen LogP contribution is 2.19. The average molecular weight is 316 g/mol. The highest BCUT2D eigenvalue weighted by molar-refractivity contribution is 5.99. The SMILES string of the molecule is Cc1ccc(N/C=C(/C#N)C(=O)NC(C(=O)O)C(C)C)c(N)c1. The Labute approximate surface area is 134 Å². The molecule has 7 nitrogen and oxygen atoms in total. The van der Waals surface area contributed by atoms with Gasteiger partial charge in [0.2, 0.25) is 0 Å². The number of carboxylic acids is 1. The summed E-state index contributed by atoms with van der Waals surface area (Å²) in [6, 6.07) is 5.98. The first kappa shape index (κ1) is 18.0. The van der Waals surface area contributed by atoms with E-state index in [0.29, 0.717) is 11.4 Å². The fourth-order valence-electron chi connectivity index (χ4n) is 1.84. The van der Waals surface area contributed by atoms with Gasteiger partial charge in [0.05, 0.1) is 11.4 Å². The summed E-state index contributed by atoms with van der Waals surface area (Å²) in [5.41, 5.74) is 7.60. The van der Waals surface area contributed by atoms with E-state index in [1.807, 2.05) is 13.0 Å². The second-order valence-corrected chi connectivity index (χ2v) is 5.44. The number of hydrogen-bond acceptors (Lipinski definition) is 5. The third kappa shape index (κ3) is 5.04. The van der Waals surface area contributed by atoms with Crippen LogP contribution >= 0.6 is 0 Å². The normalized spacial score (nSPS) is 12.4. The maximum Gasteiger partial charge on any atom is 0.326 e. The number of nitrogens with zero attached hydrogens (tertiary/aromatic N) is 1. The highest BCUT2D eigenvalue weighted by atomic mass is 16.4. The van der Waals surface area contributed by atoms with Gasteiger partial charge in [0.25, 0.3) is 5.91 Å². The Kier molecular flexibility index (Phi) is 6.15. The molecule has 0 aliphatic heterocycles. The van der Waals surface area contributed by atoms with Crippen molar-refractivity contribution in [1.82, 2.24) is 5.32 Å². The predicted molar refractivity (Wildman–Crippen MR) is 87.3 cm³/mol. The van der Waals surface area contributed by atoms with Crippen molar-refractivity contribution in [2.24, 2.45) is 5.92 Å². The lowest BCUT2D eigenvalue weighted by atomic mass is 10.0. The molecule has 0 aliphatic rings. The standard InChI is InChI=1S/C16H20N4O3/c1-9(2)14(16(22)23)20-15(21)11(7-17)8-19-13-5-4-10(3)6-12(13)18/h4-6,8-9,14,19H,18H2,1-3H3,(H,20,21)(H,22,23)/b11-8-. The summed E-state index contributed by atoms with van der Waals surface area (Å²) < 4.78 is 0. The van der Waals surface area contributed by atoms with Crippen LogP contribution < -0.4 is 16.4 Å². The fraction of sp³-hybridized carbons (Fsp3) is 0.312. The van der Waals surface area contributed by atoms with Crippen LogP contribution in [-0.2, 0) is 9.59 Å². The van der Waals surface area contributed by atoms with Gasteiger partial charge in [0.15, 0.2) is 0 Å². The number of aryl methyl sites for hydroxylation is 1. The lowest BCUT2D eigenvalue weighted by molar-refractivity contribution is -0.142. The molecule has 5 N–H and O–H groups in total. The summed E-state index contributed by atoms with van der Waals surface area (Å²) in [6.45, 7) is 5.22. The van der Waals surface area contributed by atoms with Crippen LogP contribution in [0.2, 0.25) is 0 Å². The van der Waals surface area contributed by atoms with Crippen LogP contribution in [0.5, 0.6) is 0 Å². The largest absolute Gasteiger partial charge is 0.480 e. The van der Waals surface area contributed by atoms with E-state index in [4.69, 9.17) is 16.1 Å². The summed E-state index contributed by atoms with van der Waals surface area (Å²) in [5, 5.41) is 23.3. The van der Waals surface area contributed by atoms with Crippen molar-refractivity contribution in [2.45, 2.75) is 26.8 Å². The molecule has 122 valence electrons. The van der Waals surface area contributed by atoms with Gasteiger partial charge < -0.3 is 21.5 Å². The van der Waals surface area contributed by atoms with Gasteiger partial charge >= 0.3 is 5.97 Å². The summed E-state index contributed by atoms with van der Waals surface area (Å²) >= 11 is 0. The van der Waals surface area contributed by atoms with Crippen molar-refractivity contribution >= 4 is 23.3 Å². The lowest BCUT2D eigenvalue weighted by Crippen LogP contribution is -2.44. The third-order valence-electron chi connectivity index (χ3n) is 3.16. The first-order valence-electron chi connectivity index (χ1n) is 7.02. The Hall–Kier alpha value is -3.01. The quantitative estimate of drug-likeness (QED) is 0.359. The Bertz CT molecular complexity index is 674. The molecule has 1 rings (SSSR count). The number of nitrogen functional groups attached to an aromatic ring is 1. The van der Waals surface area contributed by atoms with E-state index in [1.165, 1.54) is 6.20 Å². The first-order chi connectivity index (χ1) is 10.8. The minimum Gasteiger partial charge on any atom is -0.480 e. The van der Waals surface area contributed by atoms with Gasteiger partial charge in [-0.3, -0.25) is 4.79 Å². The monoisotopic (exact) mass is 316 g/mol. The van der Waals surface area contributed by atoms with Crippen LogP contribution in [0.15, 0.2) is 30.0 Å². The zero-order chi connectivity index (χ0) is 17.6. The molecule has 0 spiro atoms. The van der Waals surface area contributed by atoms with Gasteiger partial charge in [0.1, 0.15) is 17.7 Å². The van der Waals surface area contributed by atoms with Crippen molar-refractivity contribution in [2.75, 3.05) is 11.1 Å². The van der Waals surface area contributed by atoms with E-state index in [0.717, 1.165) is 5.56 Å². The van der Waals surface area contributed by atoms with Gasteiger partial charge in [0, 0.05) is 6.20 Å². The molecule has 1 aromatic rings. The van der Waals surface area contributed by atoms with Crippen molar-refractivity contribution in [1.29, 1.82) is 5.26 Å². The number of hydrogen-bond donors (Lipinski definition) is 4. The number of nitrogens with two attached hydrogens (primary N) is 1. The molecule has 23 heavy (non-hydrogen) atoms. The van der Waals surface area contributed by atoms with Gasteiger partial charge in [-0.15, -0.1) is 0 Å². The van der Waals surface area contributed by atoms with E-state index in [1.54, 1.807) is 32.0 Å². The molecular weight excluding hydrogens is 296 g/mol. The average Bonchev–Trinajstić information content (AvgIpc) is 2.46. The van der Waals surface area contributed by atoms with Gasteiger partial charge in [-0.25, -0.2) is 4.79 Å². The summed E-state index contributed by atoms with van der Waals surface area (Å²) in [4.78, 5) is 23.1. The number of nitriles is 1. The molecule has 1 aromatic carbocycles. The van der Waals surface area contributed by atoms with E-state index < -0.39 is 17.9 Å². The molecule has 0 radical (unpaired) electrons. The van der Waals surface area contributed by atoms with Crippen LogP contribution in [0.4, 0.5) is 11.4 Å². The number of anilines is 2. The zero-order valence-electron chi connectivity index (χ0n) is 13.3. The van der Waals surface area contributed by atoms with Crippen molar-refractivity contribution in [3.63, 3.8) is 0 Å². The molecule has 0 bridgehead atoms. The van der Waals surface area contributed by atoms with Crippen LogP contribution in [0.25, 0.3) is 0 Å². The number of rotatable bonds is 6. The summed E-state index contributed by atoms with van der Waals surface area (Å²) in [5.74, 6) is -2.22. The highest BCUT2D eigenvalue weighted by Gasteiger charge is 2.24. The molecule has 0 heterocycles. The van der Waals surface area contributed by atoms with Crippen molar-refractivity contribution < 1.29 is 14.7 Å². The first-order valence-corrected chi connectivity index (χ1v) is 7.02. The molecule has 0 aromatic heterocycles. The molecule has 0 aliphatic carbocycles. The maximum absolute atomic E-state index is 12.0. The minimum absolute atomic E-state index is 0.239.